The average Bonchev–Trinajstić information content (AvgIpc) is 3.16. The Balaban J connectivity index is 1.76. The van der Waals surface area contributed by atoms with E-state index in [-0.39, 0.29) is 6.04 Å². The van der Waals surface area contributed by atoms with Crippen molar-refractivity contribution in [1.82, 2.24) is 4.72 Å². The molecule has 174 valence electrons. The Morgan fingerprint density at radius 3 is 2.44 bits per heavy atom. The number of allylic oxidation sites excluding steroid dienone is 1. The Bertz CT molecular complexity index is 1280. The van der Waals surface area contributed by atoms with Gasteiger partial charge in [0.1, 0.15) is 5.84 Å². The van der Waals surface area contributed by atoms with E-state index in [1.54, 1.807) is 0 Å². The second kappa shape index (κ2) is 8.64. The van der Waals surface area contributed by atoms with Crippen LogP contribution in [0.2, 0.25) is 0 Å². The van der Waals surface area contributed by atoms with Crippen LogP contribution in [-0.2, 0) is 22.9 Å². The number of amidine groups is 1. The Kier molecular flexibility index (Phi) is 5.78. The molecule has 0 saturated heterocycles. The van der Waals surface area contributed by atoms with E-state index < -0.39 is 21.1 Å². The smallest absolute Gasteiger partial charge is 0.123 e. The number of nitrogens with zero attached hydrogens (tertiary/aromatic N) is 2. The number of anilines is 1. The predicted molar refractivity (Wildman–Crippen MR) is 143 cm³/mol. The minimum absolute atomic E-state index is 0.212. The first-order chi connectivity index (χ1) is 16.4. The monoisotopic (exact) mass is 469 g/mol. The van der Waals surface area contributed by atoms with Gasteiger partial charge in [-0.1, -0.05) is 72.8 Å². The van der Waals surface area contributed by atoms with Gasteiger partial charge in [-0.15, -0.1) is 6.58 Å². The van der Waals surface area contributed by atoms with Crippen LogP contribution in [0.4, 0.5) is 11.4 Å². The van der Waals surface area contributed by atoms with Gasteiger partial charge in [0.25, 0.3) is 0 Å². The lowest BCUT2D eigenvalue weighted by Gasteiger charge is -2.49. The molecule has 1 N–H and O–H groups in total. The molecule has 0 unspecified atom stereocenters. The summed E-state index contributed by atoms with van der Waals surface area (Å²) in [6.07, 6.45) is 2.66. The first-order valence-corrected chi connectivity index (χ1v) is 12.9. The maximum Gasteiger partial charge on any atom is 0.123 e. The van der Waals surface area contributed by atoms with Crippen LogP contribution in [0.5, 0.6) is 0 Å². The summed E-state index contributed by atoms with van der Waals surface area (Å²) in [7, 11) is -1.26. The fraction of sp³-hybridized carbons (Fsp3) is 0.276. The quantitative estimate of drug-likeness (QED) is 0.427. The summed E-state index contributed by atoms with van der Waals surface area (Å²) >= 11 is 0. The molecule has 0 saturated carbocycles. The molecule has 0 aliphatic carbocycles. The molecule has 0 bridgehead atoms. The van der Waals surface area contributed by atoms with Crippen LogP contribution in [0.15, 0.2) is 96.5 Å². The van der Waals surface area contributed by atoms with Crippen LogP contribution in [0.3, 0.4) is 0 Å². The summed E-state index contributed by atoms with van der Waals surface area (Å²) in [6.45, 7) is 10.9. The van der Waals surface area contributed by atoms with Gasteiger partial charge in [0, 0.05) is 12.2 Å². The third-order valence-corrected chi connectivity index (χ3v) is 8.29. The van der Waals surface area contributed by atoms with E-state index in [1.807, 2.05) is 39.0 Å². The number of hydrogen-bond acceptors (Lipinski definition) is 3. The number of fused-ring (bicyclic) bond motifs is 4. The molecule has 2 aliphatic heterocycles. The van der Waals surface area contributed by atoms with Gasteiger partial charge < -0.3 is 4.90 Å². The van der Waals surface area contributed by atoms with Crippen LogP contribution in [0.25, 0.3) is 0 Å². The van der Waals surface area contributed by atoms with Gasteiger partial charge in [-0.05, 0) is 56.0 Å². The molecular formula is C29H31N3OS. The number of hydrogen-bond donors (Lipinski definition) is 1. The highest BCUT2D eigenvalue weighted by Crippen LogP contribution is 2.56. The maximum absolute atomic E-state index is 13.5. The second-order valence-electron chi connectivity index (χ2n) is 9.98. The molecule has 3 aromatic rings. The number of aliphatic imine (C=N–C) groups is 1. The first kappa shape index (κ1) is 22.8. The first-order valence-electron chi connectivity index (χ1n) is 11.7. The van der Waals surface area contributed by atoms with Crippen molar-refractivity contribution >= 4 is 28.2 Å². The zero-order valence-corrected chi connectivity index (χ0v) is 20.8. The Morgan fingerprint density at radius 1 is 1.03 bits per heavy atom. The lowest BCUT2D eigenvalue weighted by molar-refractivity contribution is 0.428. The molecule has 0 spiro atoms. The van der Waals surface area contributed by atoms with Crippen LogP contribution in [0, 0.1) is 0 Å². The predicted octanol–water partition coefficient (Wildman–Crippen LogP) is 6.36. The molecular weight excluding hydrogens is 438 g/mol. The summed E-state index contributed by atoms with van der Waals surface area (Å²) in [5.41, 5.74) is 5.06. The molecule has 0 amide bonds. The van der Waals surface area contributed by atoms with E-state index >= 15 is 0 Å². The van der Waals surface area contributed by atoms with E-state index in [2.05, 4.69) is 82.9 Å². The fourth-order valence-electron chi connectivity index (χ4n) is 5.15. The van der Waals surface area contributed by atoms with E-state index in [1.165, 1.54) is 5.56 Å². The lowest BCUT2D eigenvalue weighted by atomic mass is 9.66. The third kappa shape index (κ3) is 3.64. The Labute approximate surface area is 205 Å². The molecule has 3 atom stereocenters. The van der Waals surface area contributed by atoms with Crippen molar-refractivity contribution in [2.45, 2.75) is 49.9 Å². The van der Waals surface area contributed by atoms with Gasteiger partial charge in [-0.25, -0.2) is 13.9 Å². The normalized spacial score (nSPS) is 21.8. The van der Waals surface area contributed by atoms with E-state index in [0.717, 1.165) is 28.3 Å². The van der Waals surface area contributed by atoms with Crippen LogP contribution < -0.4 is 9.62 Å². The molecule has 0 radical (unpaired) electrons. The van der Waals surface area contributed by atoms with E-state index in [9.17, 15) is 4.21 Å². The van der Waals surface area contributed by atoms with Crippen molar-refractivity contribution < 1.29 is 4.21 Å². The maximum atomic E-state index is 13.5. The standard InChI is InChI=1S/C29H31N3OS/c1-5-19-29-23-16-10-11-17-24(23)30-27(29)32(20-21-13-7-6-8-14-21)25-18-12-9-15-22(25)26(29)31-34(33)28(2,3)4/h5-18,26,31H,1,19-20H2,2-4H3/t26-,29+,34+/m0/s1. The SMILES string of the molecule is C=CC[C@@]12C(=Nc3ccccc31)N(Cc1ccccc1)c1ccccc1[C@@H]2N[S@](=O)C(C)(C)C. The summed E-state index contributed by atoms with van der Waals surface area (Å²) in [4.78, 5) is 7.56. The third-order valence-electron chi connectivity index (χ3n) is 6.73. The molecule has 34 heavy (non-hydrogen) atoms. The van der Waals surface area contributed by atoms with Crippen molar-refractivity contribution in [3.8, 4) is 0 Å². The Morgan fingerprint density at radius 2 is 1.71 bits per heavy atom. The summed E-state index contributed by atoms with van der Waals surface area (Å²) in [6, 6.07) is 27.1. The highest BCUT2D eigenvalue weighted by Gasteiger charge is 2.55. The number of nitrogens with one attached hydrogen (secondary N) is 1. The topological polar surface area (TPSA) is 44.7 Å². The molecule has 2 heterocycles. The van der Waals surface area contributed by atoms with Crippen LogP contribution in [0.1, 0.15) is 49.9 Å². The average molecular weight is 470 g/mol. The van der Waals surface area contributed by atoms with Crippen molar-refractivity contribution in [3.63, 3.8) is 0 Å². The molecule has 0 fully saturated rings. The zero-order chi connectivity index (χ0) is 23.9. The summed E-state index contributed by atoms with van der Waals surface area (Å²) < 4.78 is 16.6. The lowest BCUT2D eigenvalue weighted by Crippen LogP contribution is -2.57. The highest BCUT2D eigenvalue weighted by molar-refractivity contribution is 7.84. The molecule has 3 aromatic carbocycles. The zero-order valence-electron chi connectivity index (χ0n) is 20.0. The van der Waals surface area contributed by atoms with Crippen LogP contribution in [-0.4, -0.2) is 14.8 Å². The van der Waals surface area contributed by atoms with E-state index in [4.69, 9.17) is 4.99 Å². The van der Waals surface area contributed by atoms with Crippen molar-refractivity contribution in [3.05, 3.63) is 108 Å². The molecule has 5 heteroatoms. The van der Waals surface area contributed by atoms with Gasteiger partial charge in [-0.2, -0.15) is 0 Å². The van der Waals surface area contributed by atoms with Gasteiger partial charge >= 0.3 is 0 Å². The largest absolute Gasteiger partial charge is 0.324 e. The van der Waals surface area contributed by atoms with Gasteiger partial charge in [-0.3, -0.25) is 0 Å². The number of benzene rings is 3. The summed E-state index contributed by atoms with van der Waals surface area (Å²) in [5.74, 6) is 0.986. The van der Waals surface area contributed by atoms with Crippen molar-refractivity contribution in [2.75, 3.05) is 4.90 Å². The van der Waals surface area contributed by atoms with Crippen LogP contribution >= 0.6 is 0 Å². The summed E-state index contributed by atoms with van der Waals surface area (Å²) in [5, 5.41) is 0. The van der Waals surface area contributed by atoms with Crippen molar-refractivity contribution in [2.24, 2.45) is 4.99 Å². The van der Waals surface area contributed by atoms with Gasteiger partial charge in [0.05, 0.1) is 32.9 Å². The van der Waals surface area contributed by atoms with Gasteiger partial charge in [0.15, 0.2) is 0 Å². The van der Waals surface area contributed by atoms with Gasteiger partial charge in [0.2, 0.25) is 0 Å². The molecule has 5 rings (SSSR count). The fourth-order valence-corrected chi connectivity index (χ4v) is 6.04. The minimum atomic E-state index is -1.26. The number of para-hydroxylation sites is 2. The molecule has 4 nitrogen and oxygen atoms in total. The molecule has 2 aliphatic rings. The Hall–Kier alpha value is -3.02. The second-order valence-corrected chi connectivity index (χ2v) is 12.0. The van der Waals surface area contributed by atoms with E-state index in [0.29, 0.717) is 13.0 Å². The minimum Gasteiger partial charge on any atom is -0.324 e. The highest BCUT2D eigenvalue weighted by atomic mass is 32.2. The number of rotatable bonds is 6. The molecule has 0 aromatic heterocycles. The van der Waals surface area contributed by atoms with Crippen molar-refractivity contribution in [1.29, 1.82) is 0 Å².